The van der Waals surface area contributed by atoms with Crippen LogP contribution in [0.5, 0.6) is 5.75 Å². The molecule has 0 aliphatic carbocycles. The lowest BCUT2D eigenvalue weighted by molar-refractivity contribution is 0.178. The van der Waals surface area contributed by atoms with Crippen LogP contribution in [0.1, 0.15) is 51.4 Å². The van der Waals surface area contributed by atoms with Gasteiger partial charge in [0, 0.05) is 49.0 Å². The Morgan fingerprint density at radius 3 is 2.33 bits per heavy atom. The molecule has 0 unspecified atom stereocenters. The molecule has 0 atom stereocenters. The first-order chi connectivity index (χ1) is 12.3. The van der Waals surface area contributed by atoms with Gasteiger partial charge in [-0.3, -0.25) is 9.88 Å². The molecule has 2 N–H and O–H groups in total. The smallest absolute Gasteiger partial charge is 0.191 e. The number of aryl methyl sites for hydroxylation is 1. The monoisotopic (exact) mass is 491 g/mol. The molecule has 1 aromatic heterocycles. The van der Waals surface area contributed by atoms with Gasteiger partial charge < -0.3 is 15.4 Å². The quantitative estimate of drug-likeness (QED) is 0.315. The van der Waals surface area contributed by atoms with Crippen molar-refractivity contribution in [1.82, 2.24) is 20.5 Å². The number of hydrogen-bond donors (Lipinski definition) is 2. The highest BCUT2D eigenvalue weighted by atomic mass is 127. The highest BCUT2D eigenvalue weighted by Crippen LogP contribution is 2.24. The molecular weight excluding hydrogens is 453 g/mol. The first-order valence-electron chi connectivity index (χ1n) is 9.58. The molecule has 0 spiro atoms. The van der Waals surface area contributed by atoms with E-state index in [0.717, 1.165) is 48.2 Å². The summed E-state index contributed by atoms with van der Waals surface area (Å²) in [5.41, 5.74) is 3.04. The van der Waals surface area contributed by atoms with Gasteiger partial charge in [-0.25, -0.2) is 4.99 Å². The van der Waals surface area contributed by atoms with Crippen molar-refractivity contribution >= 4 is 29.9 Å². The molecule has 6 nitrogen and oxygen atoms in total. The number of guanidine groups is 1. The van der Waals surface area contributed by atoms with Gasteiger partial charge in [0.15, 0.2) is 5.96 Å². The third-order valence-corrected chi connectivity index (χ3v) is 4.47. The van der Waals surface area contributed by atoms with Crippen molar-refractivity contribution in [3.63, 3.8) is 0 Å². The Balaban J connectivity index is 0.00000676. The van der Waals surface area contributed by atoms with E-state index in [-0.39, 0.29) is 24.0 Å². The van der Waals surface area contributed by atoms with E-state index >= 15 is 0 Å². The average molecular weight is 491 g/mol. The molecule has 27 heavy (non-hydrogen) atoms. The van der Waals surface area contributed by atoms with Gasteiger partial charge in [0.2, 0.25) is 0 Å². The van der Waals surface area contributed by atoms with Gasteiger partial charge >= 0.3 is 0 Å². The first-order valence-corrected chi connectivity index (χ1v) is 9.58. The van der Waals surface area contributed by atoms with Crippen LogP contribution in [0.15, 0.2) is 11.2 Å². The van der Waals surface area contributed by atoms with E-state index in [1.165, 1.54) is 0 Å². The van der Waals surface area contributed by atoms with Crippen molar-refractivity contribution in [2.24, 2.45) is 4.99 Å². The van der Waals surface area contributed by atoms with E-state index in [4.69, 9.17) is 9.73 Å². The van der Waals surface area contributed by atoms with Crippen molar-refractivity contribution in [3.8, 4) is 5.75 Å². The summed E-state index contributed by atoms with van der Waals surface area (Å²) in [7, 11) is 1.70. The number of halogens is 1. The van der Waals surface area contributed by atoms with Gasteiger partial charge in [-0.05, 0) is 48.5 Å². The average Bonchev–Trinajstić information content (AvgIpc) is 2.57. The minimum atomic E-state index is 0. The third kappa shape index (κ3) is 8.21. The van der Waals surface area contributed by atoms with E-state index < -0.39 is 0 Å². The van der Waals surface area contributed by atoms with E-state index in [1.807, 2.05) is 20.0 Å². The number of nitrogens with zero attached hydrogens (tertiary/aromatic N) is 3. The van der Waals surface area contributed by atoms with Crippen LogP contribution in [-0.2, 0) is 6.54 Å². The van der Waals surface area contributed by atoms with Crippen LogP contribution in [0.2, 0.25) is 0 Å². The Kier molecular flexibility index (Phi) is 12.6. The summed E-state index contributed by atoms with van der Waals surface area (Å²) in [5.74, 6) is 1.72. The second kappa shape index (κ2) is 13.1. The molecular formula is C20H38IN5O. The number of aromatic nitrogens is 1. The molecule has 0 saturated carbocycles. The Morgan fingerprint density at radius 2 is 1.81 bits per heavy atom. The number of pyridine rings is 1. The Labute approximate surface area is 182 Å². The summed E-state index contributed by atoms with van der Waals surface area (Å²) in [6, 6.07) is 1.06. The lowest BCUT2D eigenvalue weighted by atomic mass is 10.1. The highest BCUT2D eigenvalue weighted by Gasteiger charge is 2.13. The minimum Gasteiger partial charge on any atom is -0.496 e. The zero-order valence-electron chi connectivity index (χ0n) is 18.2. The van der Waals surface area contributed by atoms with Crippen LogP contribution < -0.4 is 15.4 Å². The predicted molar refractivity (Wildman–Crippen MR) is 125 cm³/mol. The second-order valence-electron chi connectivity index (χ2n) is 7.09. The number of ether oxygens (including phenoxy) is 1. The van der Waals surface area contributed by atoms with Crippen molar-refractivity contribution in [1.29, 1.82) is 0 Å². The molecule has 156 valence electrons. The second-order valence-corrected chi connectivity index (χ2v) is 7.09. The van der Waals surface area contributed by atoms with Crippen LogP contribution in [0.4, 0.5) is 0 Å². The minimum absolute atomic E-state index is 0. The van der Waals surface area contributed by atoms with E-state index in [0.29, 0.717) is 18.6 Å². The van der Waals surface area contributed by atoms with Gasteiger partial charge in [0.25, 0.3) is 0 Å². The Morgan fingerprint density at radius 1 is 1.19 bits per heavy atom. The normalized spacial score (nSPS) is 11.7. The molecule has 0 amide bonds. The number of nitrogens with one attached hydrogen (secondary N) is 2. The number of rotatable bonds is 9. The Hall–Kier alpha value is -1.09. The standard InChI is InChI=1S/C20H37N5O.HI/c1-9-21-20(22-10-11-25(14(2)3)15(4)5)24-13-18-17(7)19(26-8)16(6)12-23-18;/h12,14-15H,9-11,13H2,1-8H3,(H2,21,22,24);1H. The fourth-order valence-corrected chi connectivity index (χ4v) is 3.14. The van der Waals surface area contributed by atoms with Gasteiger partial charge in [0.05, 0.1) is 19.3 Å². The summed E-state index contributed by atoms with van der Waals surface area (Å²) in [6.45, 7) is 18.2. The third-order valence-electron chi connectivity index (χ3n) is 4.47. The molecule has 0 fully saturated rings. The summed E-state index contributed by atoms with van der Waals surface area (Å²) in [4.78, 5) is 11.7. The van der Waals surface area contributed by atoms with Crippen molar-refractivity contribution in [2.75, 3.05) is 26.7 Å². The van der Waals surface area contributed by atoms with Crippen LogP contribution in [-0.4, -0.2) is 54.7 Å². The van der Waals surface area contributed by atoms with E-state index in [1.54, 1.807) is 7.11 Å². The van der Waals surface area contributed by atoms with Crippen molar-refractivity contribution in [2.45, 2.75) is 67.1 Å². The van der Waals surface area contributed by atoms with Gasteiger partial charge in [0.1, 0.15) is 5.75 Å². The molecule has 7 heteroatoms. The van der Waals surface area contributed by atoms with Crippen molar-refractivity contribution < 1.29 is 4.74 Å². The fourth-order valence-electron chi connectivity index (χ4n) is 3.14. The van der Waals surface area contributed by atoms with Crippen LogP contribution >= 0.6 is 24.0 Å². The SMILES string of the molecule is CCNC(=NCc1ncc(C)c(OC)c1C)NCCN(C(C)C)C(C)C.I. The van der Waals surface area contributed by atoms with Gasteiger partial charge in [-0.2, -0.15) is 0 Å². The fraction of sp³-hybridized carbons (Fsp3) is 0.700. The summed E-state index contributed by atoms with van der Waals surface area (Å²) < 4.78 is 5.48. The largest absolute Gasteiger partial charge is 0.496 e. The summed E-state index contributed by atoms with van der Waals surface area (Å²) >= 11 is 0. The Bertz CT molecular complexity index is 582. The molecule has 0 bridgehead atoms. The molecule has 0 radical (unpaired) electrons. The lowest BCUT2D eigenvalue weighted by Crippen LogP contribution is -2.45. The van der Waals surface area contributed by atoms with Crippen LogP contribution in [0.25, 0.3) is 0 Å². The molecule has 0 aliphatic heterocycles. The highest BCUT2D eigenvalue weighted by molar-refractivity contribution is 14.0. The summed E-state index contributed by atoms with van der Waals surface area (Å²) in [5, 5.41) is 6.73. The molecule has 1 heterocycles. The zero-order valence-corrected chi connectivity index (χ0v) is 20.5. The lowest BCUT2D eigenvalue weighted by Gasteiger charge is -2.30. The van der Waals surface area contributed by atoms with Gasteiger partial charge in [-0.15, -0.1) is 24.0 Å². The summed E-state index contributed by atoms with van der Waals surface area (Å²) in [6.07, 6.45) is 1.85. The number of hydrogen-bond acceptors (Lipinski definition) is 4. The molecule has 0 aromatic carbocycles. The van der Waals surface area contributed by atoms with E-state index in [9.17, 15) is 0 Å². The van der Waals surface area contributed by atoms with Gasteiger partial charge in [-0.1, -0.05) is 0 Å². The first kappa shape index (κ1) is 25.9. The molecule has 0 saturated heterocycles. The molecule has 1 rings (SSSR count). The molecule has 0 aliphatic rings. The van der Waals surface area contributed by atoms with Crippen LogP contribution in [0.3, 0.4) is 0 Å². The van der Waals surface area contributed by atoms with Crippen LogP contribution in [0, 0.1) is 13.8 Å². The van der Waals surface area contributed by atoms with E-state index in [2.05, 4.69) is 55.1 Å². The predicted octanol–water partition coefficient (Wildman–Crippen LogP) is 3.50. The maximum atomic E-state index is 5.48. The topological polar surface area (TPSA) is 61.8 Å². The number of aliphatic imine (C=N–C) groups is 1. The zero-order chi connectivity index (χ0) is 19.7. The number of methoxy groups -OCH3 is 1. The maximum Gasteiger partial charge on any atom is 0.191 e. The van der Waals surface area contributed by atoms with Crippen molar-refractivity contribution in [3.05, 3.63) is 23.0 Å². The molecule has 1 aromatic rings. The maximum absolute atomic E-state index is 5.48.